The van der Waals surface area contributed by atoms with Crippen molar-refractivity contribution in [3.8, 4) is 0 Å². The molecule has 106 valence electrons. The molecule has 0 aliphatic carbocycles. The maximum atomic E-state index is 13.5. The van der Waals surface area contributed by atoms with Crippen molar-refractivity contribution in [3.63, 3.8) is 0 Å². The predicted molar refractivity (Wildman–Crippen MR) is 70.6 cm³/mol. The topological polar surface area (TPSA) is 46.3 Å². The number of amides is 1. The molecule has 0 heterocycles. The average Bonchev–Trinajstić information content (AvgIpc) is 2.37. The van der Waals surface area contributed by atoms with E-state index in [9.17, 15) is 13.6 Å². The van der Waals surface area contributed by atoms with Crippen LogP contribution >= 0.6 is 0 Å². The Kier molecular flexibility index (Phi) is 6.42. The molecule has 1 amide bonds. The molecule has 0 saturated carbocycles. The summed E-state index contributed by atoms with van der Waals surface area (Å²) >= 11 is 0. The van der Waals surface area contributed by atoms with Gasteiger partial charge in [0.1, 0.15) is 11.6 Å². The maximum Gasteiger partial charge on any atom is 0.227 e. The summed E-state index contributed by atoms with van der Waals surface area (Å²) in [6, 6.07) is 3.26. The molecule has 0 spiro atoms. The van der Waals surface area contributed by atoms with E-state index in [2.05, 4.69) is 0 Å². The van der Waals surface area contributed by atoms with E-state index in [0.717, 1.165) is 25.0 Å². The van der Waals surface area contributed by atoms with Crippen molar-refractivity contribution in [2.45, 2.75) is 26.2 Å². The fraction of sp³-hybridized carbons (Fsp3) is 0.500. The van der Waals surface area contributed by atoms with Gasteiger partial charge in [0.25, 0.3) is 0 Å². The van der Waals surface area contributed by atoms with Crippen LogP contribution in [0.4, 0.5) is 8.78 Å². The number of hydrogen-bond donors (Lipinski definition) is 1. The van der Waals surface area contributed by atoms with Gasteiger partial charge in [0.15, 0.2) is 0 Å². The first kappa shape index (κ1) is 15.6. The van der Waals surface area contributed by atoms with Crippen LogP contribution in [-0.2, 0) is 11.2 Å². The van der Waals surface area contributed by atoms with Crippen molar-refractivity contribution in [3.05, 3.63) is 35.4 Å². The second-order valence-electron chi connectivity index (χ2n) is 4.44. The van der Waals surface area contributed by atoms with E-state index in [1.165, 1.54) is 6.07 Å². The molecule has 1 aromatic rings. The molecule has 0 bridgehead atoms. The van der Waals surface area contributed by atoms with Gasteiger partial charge < -0.3 is 10.6 Å². The summed E-state index contributed by atoms with van der Waals surface area (Å²) < 4.78 is 26.3. The van der Waals surface area contributed by atoms with Gasteiger partial charge in [-0.2, -0.15) is 0 Å². The van der Waals surface area contributed by atoms with Crippen LogP contribution in [0.1, 0.15) is 25.3 Å². The van der Waals surface area contributed by atoms with Gasteiger partial charge in [0, 0.05) is 25.7 Å². The molecule has 0 saturated heterocycles. The van der Waals surface area contributed by atoms with E-state index in [4.69, 9.17) is 5.73 Å². The van der Waals surface area contributed by atoms with Gasteiger partial charge >= 0.3 is 0 Å². The van der Waals surface area contributed by atoms with E-state index < -0.39 is 11.6 Å². The normalized spacial score (nSPS) is 10.5. The zero-order chi connectivity index (χ0) is 14.3. The number of nitrogens with zero attached hydrogens (tertiary/aromatic N) is 1. The van der Waals surface area contributed by atoms with Crippen molar-refractivity contribution >= 4 is 5.91 Å². The number of nitrogens with two attached hydrogens (primary N) is 1. The van der Waals surface area contributed by atoms with Gasteiger partial charge in [-0.25, -0.2) is 8.78 Å². The van der Waals surface area contributed by atoms with Crippen LogP contribution in [0, 0.1) is 11.6 Å². The fourth-order valence-corrected chi connectivity index (χ4v) is 1.81. The molecule has 2 N–H and O–H groups in total. The van der Waals surface area contributed by atoms with Crippen LogP contribution in [0.3, 0.4) is 0 Å². The summed E-state index contributed by atoms with van der Waals surface area (Å²) in [5, 5.41) is 0. The molecule has 0 atom stereocenters. The highest BCUT2D eigenvalue weighted by atomic mass is 19.1. The second-order valence-corrected chi connectivity index (χ2v) is 4.44. The third-order valence-corrected chi connectivity index (χ3v) is 2.89. The van der Waals surface area contributed by atoms with Crippen LogP contribution in [0.15, 0.2) is 18.2 Å². The number of hydrogen-bond acceptors (Lipinski definition) is 2. The predicted octanol–water partition coefficient (Wildman–Crippen LogP) is 2.09. The van der Waals surface area contributed by atoms with Crippen molar-refractivity contribution in [1.29, 1.82) is 0 Å². The smallest absolute Gasteiger partial charge is 0.227 e. The van der Waals surface area contributed by atoms with Gasteiger partial charge in [0.2, 0.25) is 5.91 Å². The lowest BCUT2D eigenvalue weighted by Gasteiger charge is -2.22. The Morgan fingerprint density at radius 1 is 1.32 bits per heavy atom. The molecule has 0 radical (unpaired) electrons. The van der Waals surface area contributed by atoms with Crippen molar-refractivity contribution in [2.75, 3.05) is 19.6 Å². The Morgan fingerprint density at radius 3 is 2.63 bits per heavy atom. The van der Waals surface area contributed by atoms with E-state index in [0.29, 0.717) is 19.6 Å². The summed E-state index contributed by atoms with van der Waals surface area (Å²) in [5.41, 5.74) is 5.68. The molecule has 3 nitrogen and oxygen atoms in total. The number of carbonyl (C=O) groups is 1. The molecule has 5 heteroatoms. The number of carbonyl (C=O) groups excluding carboxylic acids is 1. The lowest BCUT2D eigenvalue weighted by atomic mass is 10.1. The first-order valence-electron chi connectivity index (χ1n) is 6.50. The molecule has 0 unspecified atom stereocenters. The minimum absolute atomic E-state index is 0.0597. The third-order valence-electron chi connectivity index (χ3n) is 2.89. The first-order valence-corrected chi connectivity index (χ1v) is 6.50. The van der Waals surface area contributed by atoms with Gasteiger partial charge in [-0.1, -0.05) is 19.4 Å². The average molecular weight is 270 g/mol. The van der Waals surface area contributed by atoms with E-state index in [-0.39, 0.29) is 17.9 Å². The molecule has 1 rings (SSSR count). The second kappa shape index (κ2) is 7.84. The molecular formula is C14H20F2N2O. The third kappa shape index (κ3) is 4.95. The molecule has 0 aliphatic heterocycles. The highest BCUT2D eigenvalue weighted by Crippen LogP contribution is 2.11. The lowest BCUT2D eigenvalue weighted by Crippen LogP contribution is -2.37. The summed E-state index contributed by atoms with van der Waals surface area (Å²) in [7, 11) is 0. The Bertz CT molecular complexity index is 424. The minimum Gasteiger partial charge on any atom is -0.341 e. The summed E-state index contributed by atoms with van der Waals surface area (Å²) in [5.74, 6) is -1.50. The molecule has 19 heavy (non-hydrogen) atoms. The fourth-order valence-electron chi connectivity index (χ4n) is 1.81. The molecule has 0 aliphatic rings. The lowest BCUT2D eigenvalue weighted by molar-refractivity contribution is -0.130. The van der Waals surface area contributed by atoms with Gasteiger partial charge in [-0.05, 0) is 18.1 Å². The molecule has 0 fully saturated rings. The largest absolute Gasteiger partial charge is 0.341 e. The Hall–Kier alpha value is -1.49. The molecule has 0 aromatic heterocycles. The van der Waals surface area contributed by atoms with E-state index in [1.807, 2.05) is 6.92 Å². The standard InChI is InChI=1S/C14H20F2N2O/c1-2-3-7-18(8-6-17)14(19)9-11-4-5-12(15)10-13(11)16/h4-5,10H,2-3,6-9,17H2,1H3. The Balaban J connectivity index is 2.69. The van der Waals surface area contributed by atoms with Gasteiger partial charge in [0.05, 0.1) is 6.42 Å². The molecule has 1 aromatic carbocycles. The monoisotopic (exact) mass is 270 g/mol. The van der Waals surface area contributed by atoms with E-state index in [1.54, 1.807) is 4.90 Å². The number of benzene rings is 1. The number of halogens is 2. The van der Waals surface area contributed by atoms with Crippen LogP contribution in [-0.4, -0.2) is 30.4 Å². The minimum atomic E-state index is -0.684. The number of unbranched alkanes of at least 4 members (excludes halogenated alkanes) is 1. The van der Waals surface area contributed by atoms with Crippen LogP contribution < -0.4 is 5.73 Å². The van der Waals surface area contributed by atoms with Crippen molar-refractivity contribution in [2.24, 2.45) is 5.73 Å². The highest BCUT2D eigenvalue weighted by molar-refractivity contribution is 5.78. The van der Waals surface area contributed by atoms with Crippen molar-refractivity contribution in [1.82, 2.24) is 4.90 Å². The zero-order valence-electron chi connectivity index (χ0n) is 11.2. The molecular weight excluding hydrogens is 250 g/mol. The summed E-state index contributed by atoms with van der Waals surface area (Å²) in [4.78, 5) is 13.7. The highest BCUT2D eigenvalue weighted by Gasteiger charge is 2.15. The maximum absolute atomic E-state index is 13.5. The SMILES string of the molecule is CCCCN(CCN)C(=O)Cc1ccc(F)cc1F. The van der Waals surface area contributed by atoms with Crippen LogP contribution in [0.25, 0.3) is 0 Å². The van der Waals surface area contributed by atoms with Gasteiger partial charge in [-0.3, -0.25) is 4.79 Å². The van der Waals surface area contributed by atoms with Crippen molar-refractivity contribution < 1.29 is 13.6 Å². The summed E-state index contributed by atoms with van der Waals surface area (Å²) in [6.07, 6.45) is 1.80. The Morgan fingerprint density at radius 2 is 2.05 bits per heavy atom. The Labute approximate surface area is 112 Å². The summed E-state index contributed by atoms with van der Waals surface area (Å²) in [6.45, 7) is 3.49. The van der Waals surface area contributed by atoms with Crippen LogP contribution in [0.5, 0.6) is 0 Å². The first-order chi connectivity index (χ1) is 9.08. The zero-order valence-corrected chi connectivity index (χ0v) is 11.2. The van der Waals surface area contributed by atoms with Gasteiger partial charge in [-0.15, -0.1) is 0 Å². The van der Waals surface area contributed by atoms with Crippen LogP contribution in [0.2, 0.25) is 0 Å². The quantitative estimate of drug-likeness (QED) is 0.824. The number of rotatable bonds is 7. The van der Waals surface area contributed by atoms with E-state index >= 15 is 0 Å².